The van der Waals surface area contributed by atoms with Crippen molar-refractivity contribution in [1.29, 1.82) is 0 Å². The second-order valence-electron chi connectivity index (χ2n) is 6.15. The molecule has 0 fully saturated rings. The largest absolute Gasteiger partial charge is 0.344 e. The van der Waals surface area contributed by atoms with Crippen molar-refractivity contribution in [2.75, 3.05) is 0 Å². The van der Waals surface area contributed by atoms with Crippen LogP contribution >= 0.6 is 0 Å². The van der Waals surface area contributed by atoms with Gasteiger partial charge in [-0.3, -0.25) is 9.59 Å². The van der Waals surface area contributed by atoms with Crippen LogP contribution in [-0.2, 0) is 0 Å². The van der Waals surface area contributed by atoms with Crippen LogP contribution in [0.4, 0.5) is 0 Å². The first-order chi connectivity index (χ1) is 13.1. The Hall–Kier alpha value is -3.74. The van der Waals surface area contributed by atoms with E-state index in [1.54, 1.807) is 35.1 Å². The lowest BCUT2D eigenvalue weighted by Crippen LogP contribution is -2.29. The topological polar surface area (TPSA) is 92.7 Å². The van der Waals surface area contributed by atoms with Crippen LogP contribution in [0.1, 0.15) is 29.0 Å². The Morgan fingerprint density at radius 1 is 1.07 bits per heavy atom. The molecule has 0 aliphatic heterocycles. The van der Waals surface area contributed by atoms with Crippen molar-refractivity contribution in [3.63, 3.8) is 0 Å². The molecule has 0 spiro atoms. The SMILES string of the molecule is CC(NC(=O)c1n[nH]c(=O)c2ccccc12)c1ccccc1-n1cccn1. The summed E-state index contributed by atoms with van der Waals surface area (Å²) in [4.78, 5) is 24.7. The maximum Gasteiger partial charge on any atom is 0.272 e. The van der Waals surface area contributed by atoms with Crippen LogP contribution in [0.25, 0.3) is 16.5 Å². The number of para-hydroxylation sites is 1. The zero-order valence-electron chi connectivity index (χ0n) is 14.6. The number of carbonyl (C=O) groups excluding carboxylic acids is 1. The van der Waals surface area contributed by atoms with Gasteiger partial charge in [-0.05, 0) is 30.7 Å². The van der Waals surface area contributed by atoms with Gasteiger partial charge < -0.3 is 5.32 Å². The number of carbonyl (C=O) groups is 1. The van der Waals surface area contributed by atoms with Crippen LogP contribution < -0.4 is 10.9 Å². The second-order valence-corrected chi connectivity index (χ2v) is 6.15. The summed E-state index contributed by atoms with van der Waals surface area (Å²) in [6.07, 6.45) is 3.56. The molecule has 1 atom stereocenters. The minimum Gasteiger partial charge on any atom is -0.344 e. The highest BCUT2D eigenvalue weighted by molar-refractivity contribution is 6.04. The number of rotatable bonds is 4. The number of nitrogens with one attached hydrogen (secondary N) is 2. The molecule has 1 amide bonds. The predicted molar refractivity (Wildman–Crippen MR) is 102 cm³/mol. The van der Waals surface area contributed by atoms with Gasteiger partial charge in [0.25, 0.3) is 11.5 Å². The number of nitrogens with zero attached hydrogens (tertiary/aromatic N) is 3. The number of aromatic amines is 1. The highest BCUT2D eigenvalue weighted by Gasteiger charge is 2.19. The fraction of sp³-hybridized carbons (Fsp3) is 0.100. The molecule has 0 bridgehead atoms. The third kappa shape index (κ3) is 3.10. The molecule has 1 unspecified atom stereocenters. The summed E-state index contributed by atoms with van der Waals surface area (Å²) in [5, 5.41) is 14.5. The third-order valence-corrected chi connectivity index (χ3v) is 4.41. The molecule has 0 saturated carbocycles. The Labute approximate surface area is 154 Å². The lowest BCUT2D eigenvalue weighted by molar-refractivity contribution is 0.0935. The molecule has 4 aromatic rings. The van der Waals surface area contributed by atoms with Crippen molar-refractivity contribution in [2.24, 2.45) is 0 Å². The average molecular weight is 359 g/mol. The van der Waals surface area contributed by atoms with Gasteiger partial charge in [-0.1, -0.05) is 36.4 Å². The molecule has 2 aromatic carbocycles. The predicted octanol–water partition coefficient (Wildman–Crippen LogP) is 2.60. The minimum atomic E-state index is -0.356. The molecule has 2 heterocycles. The van der Waals surface area contributed by atoms with Crippen molar-refractivity contribution in [3.05, 3.63) is 88.6 Å². The molecular weight excluding hydrogens is 342 g/mol. The summed E-state index contributed by atoms with van der Waals surface area (Å²) in [6, 6.07) is 16.2. The summed E-state index contributed by atoms with van der Waals surface area (Å²) >= 11 is 0. The van der Waals surface area contributed by atoms with E-state index in [2.05, 4.69) is 20.6 Å². The summed E-state index contributed by atoms with van der Waals surface area (Å²) in [7, 11) is 0. The van der Waals surface area contributed by atoms with Crippen LogP contribution in [0.3, 0.4) is 0 Å². The summed E-state index contributed by atoms with van der Waals surface area (Å²) in [5.41, 5.74) is 1.67. The molecule has 0 saturated heterocycles. The number of aromatic nitrogens is 4. The van der Waals surface area contributed by atoms with Crippen molar-refractivity contribution < 1.29 is 4.79 Å². The van der Waals surface area contributed by atoms with Gasteiger partial charge in [-0.2, -0.15) is 10.2 Å². The van der Waals surface area contributed by atoms with Crippen molar-refractivity contribution in [1.82, 2.24) is 25.3 Å². The van der Waals surface area contributed by atoms with E-state index in [0.717, 1.165) is 11.3 Å². The quantitative estimate of drug-likeness (QED) is 0.586. The Balaban J connectivity index is 1.67. The van der Waals surface area contributed by atoms with E-state index < -0.39 is 0 Å². The fourth-order valence-electron chi connectivity index (χ4n) is 3.10. The maximum atomic E-state index is 12.8. The number of H-pyrrole nitrogens is 1. The standard InChI is InChI=1S/C20H17N5O2/c1-13(14-7-4-5-10-17(14)25-12-6-11-21-25)22-20(27)18-15-8-2-3-9-16(15)19(26)24-23-18/h2-13H,1H3,(H,22,27)(H,24,26). The van der Waals surface area contributed by atoms with Crippen molar-refractivity contribution in [3.8, 4) is 5.69 Å². The number of amides is 1. The first kappa shape index (κ1) is 16.7. The molecule has 0 aliphatic rings. The molecule has 2 N–H and O–H groups in total. The van der Waals surface area contributed by atoms with Crippen LogP contribution in [0.5, 0.6) is 0 Å². The number of hydrogen-bond acceptors (Lipinski definition) is 4. The normalized spacial score (nSPS) is 12.0. The minimum absolute atomic E-state index is 0.189. The fourth-order valence-corrected chi connectivity index (χ4v) is 3.10. The Morgan fingerprint density at radius 2 is 1.81 bits per heavy atom. The first-order valence-electron chi connectivity index (χ1n) is 8.52. The van der Waals surface area contributed by atoms with Gasteiger partial charge in [0.15, 0.2) is 5.69 Å². The van der Waals surface area contributed by atoms with Gasteiger partial charge in [0, 0.05) is 17.8 Å². The molecular formula is C20H17N5O2. The molecule has 7 heteroatoms. The molecule has 7 nitrogen and oxygen atoms in total. The van der Waals surface area contributed by atoms with Crippen LogP contribution in [0, 0.1) is 0 Å². The number of hydrogen-bond donors (Lipinski definition) is 2. The number of benzene rings is 2. The van der Waals surface area contributed by atoms with Crippen molar-refractivity contribution >= 4 is 16.7 Å². The Bertz CT molecular complexity index is 1160. The van der Waals surface area contributed by atoms with E-state index >= 15 is 0 Å². The molecule has 4 rings (SSSR count). The van der Waals surface area contributed by atoms with Gasteiger partial charge in [0.1, 0.15) is 0 Å². The maximum absolute atomic E-state index is 12.8. The van der Waals surface area contributed by atoms with E-state index in [4.69, 9.17) is 0 Å². The van der Waals surface area contributed by atoms with Gasteiger partial charge in [0.2, 0.25) is 0 Å². The van der Waals surface area contributed by atoms with E-state index in [9.17, 15) is 9.59 Å². The molecule has 2 aromatic heterocycles. The molecule has 134 valence electrons. The van der Waals surface area contributed by atoms with E-state index in [1.165, 1.54) is 0 Å². The highest BCUT2D eigenvalue weighted by Crippen LogP contribution is 2.22. The molecule has 0 aliphatic carbocycles. The molecule has 0 radical (unpaired) electrons. The van der Waals surface area contributed by atoms with E-state index in [1.807, 2.05) is 43.5 Å². The monoisotopic (exact) mass is 359 g/mol. The smallest absolute Gasteiger partial charge is 0.272 e. The van der Waals surface area contributed by atoms with Gasteiger partial charge >= 0.3 is 0 Å². The third-order valence-electron chi connectivity index (χ3n) is 4.41. The molecule has 27 heavy (non-hydrogen) atoms. The average Bonchev–Trinajstić information content (AvgIpc) is 3.23. The summed E-state index contributed by atoms with van der Waals surface area (Å²) < 4.78 is 1.76. The van der Waals surface area contributed by atoms with Gasteiger partial charge in [-0.25, -0.2) is 9.78 Å². The Morgan fingerprint density at radius 3 is 2.59 bits per heavy atom. The van der Waals surface area contributed by atoms with Crippen LogP contribution in [0.2, 0.25) is 0 Å². The van der Waals surface area contributed by atoms with Gasteiger partial charge in [-0.15, -0.1) is 0 Å². The van der Waals surface area contributed by atoms with Crippen LogP contribution in [0.15, 0.2) is 71.8 Å². The lowest BCUT2D eigenvalue weighted by atomic mass is 10.1. The van der Waals surface area contributed by atoms with Crippen molar-refractivity contribution in [2.45, 2.75) is 13.0 Å². The van der Waals surface area contributed by atoms with Gasteiger partial charge in [0.05, 0.1) is 17.1 Å². The summed E-state index contributed by atoms with van der Waals surface area (Å²) in [5.74, 6) is -0.356. The first-order valence-corrected chi connectivity index (χ1v) is 8.52. The Kier molecular flexibility index (Phi) is 4.25. The number of fused-ring (bicyclic) bond motifs is 1. The van der Waals surface area contributed by atoms with Crippen LogP contribution in [-0.4, -0.2) is 25.9 Å². The second kappa shape index (κ2) is 6.87. The zero-order valence-corrected chi connectivity index (χ0v) is 14.6. The lowest BCUT2D eigenvalue weighted by Gasteiger charge is -2.18. The summed E-state index contributed by atoms with van der Waals surface area (Å²) in [6.45, 7) is 1.90. The van der Waals surface area contributed by atoms with E-state index in [-0.39, 0.29) is 23.2 Å². The zero-order chi connectivity index (χ0) is 18.8. The highest BCUT2D eigenvalue weighted by atomic mass is 16.2. The van der Waals surface area contributed by atoms with E-state index in [0.29, 0.717) is 10.8 Å².